The fraction of sp³-hybridized carbons (Fsp3) is 0.312. The number of aromatic amines is 1. The van der Waals surface area contributed by atoms with Crippen LogP contribution in [0.3, 0.4) is 0 Å². The van der Waals surface area contributed by atoms with Crippen LogP contribution in [0.4, 0.5) is 0 Å². The Hall–Kier alpha value is -2.43. The summed E-state index contributed by atoms with van der Waals surface area (Å²) in [4.78, 5) is 25.1. The fourth-order valence-corrected chi connectivity index (χ4v) is 2.61. The van der Waals surface area contributed by atoms with Gasteiger partial charge in [-0.25, -0.2) is 5.10 Å². The third-order valence-corrected chi connectivity index (χ3v) is 3.82. The molecule has 1 N–H and O–H groups in total. The molecule has 0 atom stereocenters. The smallest absolute Gasteiger partial charge is 0.264 e. The number of nitrogens with zero attached hydrogens (tertiary/aromatic N) is 2. The molecule has 0 saturated carbocycles. The Kier molecular flexibility index (Phi) is 3.81. The molecule has 0 aliphatic carbocycles. The number of amides is 1. The Bertz CT molecular complexity index is 688. The monoisotopic (exact) mass is 283 g/mol. The van der Waals surface area contributed by atoms with Crippen LogP contribution in [0.25, 0.3) is 0 Å². The zero-order valence-corrected chi connectivity index (χ0v) is 11.7. The van der Waals surface area contributed by atoms with E-state index >= 15 is 0 Å². The molecule has 0 bridgehead atoms. The first-order valence-electron chi connectivity index (χ1n) is 7.11. The maximum Gasteiger partial charge on any atom is 0.264 e. The summed E-state index contributed by atoms with van der Waals surface area (Å²) >= 11 is 0. The maximum atomic E-state index is 12.3. The lowest BCUT2D eigenvalue weighted by Gasteiger charge is -2.28. The highest BCUT2D eigenvalue weighted by molar-refractivity contribution is 5.76. The van der Waals surface area contributed by atoms with Gasteiger partial charge in [0.25, 0.3) is 5.56 Å². The number of fused-ring (bicyclic) bond motifs is 1. The van der Waals surface area contributed by atoms with E-state index in [2.05, 4.69) is 22.3 Å². The van der Waals surface area contributed by atoms with E-state index in [9.17, 15) is 9.59 Å². The van der Waals surface area contributed by atoms with Gasteiger partial charge in [0.1, 0.15) is 0 Å². The van der Waals surface area contributed by atoms with Crippen LogP contribution in [0, 0.1) is 0 Å². The molecule has 1 aromatic heterocycles. The van der Waals surface area contributed by atoms with E-state index in [-0.39, 0.29) is 11.5 Å². The van der Waals surface area contributed by atoms with Crippen LogP contribution in [0.1, 0.15) is 23.2 Å². The second kappa shape index (κ2) is 5.91. The minimum Gasteiger partial charge on any atom is -0.338 e. The molecule has 0 unspecified atom stereocenters. The summed E-state index contributed by atoms with van der Waals surface area (Å²) in [6.45, 7) is 1.46. The predicted octanol–water partition coefficient (Wildman–Crippen LogP) is 1.29. The minimum absolute atomic E-state index is 0.137. The topological polar surface area (TPSA) is 66.1 Å². The number of aryl methyl sites for hydroxylation is 1. The van der Waals surface area contributed by atoms with E-state index in [0.717, 1.165) is 18.7 Å². The second-order valence-electron chi connectivity index (χ2n) is 5.25. The van der Waals surface area contributed by atoms with Gasteiger partial charge in [0.15, 0.2) is 0 Å². The van der Waals surface area contributed by atoms with Crippen molar-refractivity contribution < 1.29 is 4.79 Å². The first kappa shape index (κ1) is 13.5. The van der Waals surface area contributed by atoms with Crippen LogP contribution in [0.2, 0.25) is 0 Å². The summed E-state index contributed by atoms with van der Waals surface area (Å²) in [6.07, 6.45) is 1.88. The number of hydrogen-bond acceptors (Lipinski definition) is 3. The van der Waals surface area contributed by atoms with Crippen molar-refractivity contribution in [3.8, 4) is 0 Å². The van der Waals surface area contributed by atoms with Gasteiger partial charge >= 0.3 is 0 Å². The molecule has 108 valence electrons. The Balaban J connectivity index is 1.59. The molecule has 0 radical (unpaired) electrons. The van der Waals surface area contributed by atoms with Crippen molar-refractivity contribution in [1.82, 2.24) is 15.1 Å². The molecule has 21 heavy (non-hydrogen) atoms. The molecule has 2 aromatic rings. The van der Waals surface area contributed by atoms with E-state index in [0.29, 0.717) is 19.4 Å². The standard InChI is InChI=1S/C16H17N3O2/c20-15-7-5-14(17-18-15)6-8-16(21)19-10-9-12-3-1-2-4-13(12)11-19/h1-5,7H,6,8-11H2,(H,18,20). The summed E-state index contributed by atoms with van der Waals surface area (Å²) < 4.78 is 0. The normalized spacial score (nSPS) is 13.8. The summed E-state index contributed by atoms with van der Waals surface area (Å²) in [5.74, 6) is 0.137. The number of hydrogen-bond donors (Lipinski definition) is 1. The van der Waals surface area contributed by atoms with Crippen molar-refractivity contribution in [2.45, 2.75) is 25.8 Å². The average Bonchev–Trinajstić information content (AvgIpc) is 2.53. The number of carbonyl (C=O) groups excluding carboxylic acids is 1. The summed E-state index contributed by atoms with van der Waals surface area (Å²) in [5.41, 5.74) is 3.08. The minimum atomic E-state index is -0.224. The Morgan fingerprint density at radius 2 is 2.00 bits per heavy atom. The SMILES string of the molecule is O=C(CCc1ccc(=O)[nH]n1)N1CCc2ccccc2C1. The number of H-pyrrole nitrogens is 1. The highest BCUT2D eigenvalue weighted by Crippen LogP contribution is 2.19. The Morgan fingerprint density at radius 3 is 2.76 bits per heavy atom. The molecule has 1 amide bonds. The van der Waals surface area contributed by atoms with Gasteiger partial charge in [0.2, 0.25) is 5.91 Å². The predicted molar refractivity (Wildman–Crippen MR) is 78.7 cm³/mol. The van der Waals surface area contributed by atoms with Gasteiger partial charge in [-0.05, 0) is 23.6 Å². The molecule has 0 fully saturated rings. The van der Waals surface area contributed by atoms with Crippen LogP contribution < -0.4 is 5.56 Å². The Labute approximate surface area is 122 Å². The van der Waals surface area contributed by atoms with Gasteiger partial charge in [-0.1, -0.05) is 24.3 Å². The maximum absolute atomic E-state index is 12.3. The van der Waals surface area contributed by atoms with Gasteiger partial charge in [0.05, 0.1) is 5.69 Å². The zero-order chi connectivity index (χ0) is 14.7. The van der Waals surface area contributed by atoms with Crippen molar-refractivity contribution in [3.05, 3.63) is 63.6 Å². The molecule has 0 saturated heterocycles. The molecular formula is C16H17N3O2. The first-order chi connectivity index (χ1) is 10.2. The molecule has 5 nitrogen and oxygen atoms in total. The van der Waals surface area contributed by atoms with Crippen molar-refractivity contribution >= 4 is 5.91 Å². The summed E-state index contributed by atoms with van der Waals surface area (Å²) in [6, 6.07) is 11.4. The van der Waals surface area contributed by atoms with E-state index in [1.54, 1.807) is 6.07 Å². The van der Waals surface area contributed by atoms with Gasteiger partial charge in [-0.15, -0.1) is 0 Å². The molecule has 1 aliphatic heterocycles. The lowest BCUT2D eigenvalue weighted by molar-refractivity contribution is -0.132. The first-order valence-corrected chi connectivity index (χ1v) is 7.11. The number of carbonyl (C=O) groups is 1. The van der Waals surface area contributed by atoms with Crippen molar-refractivity contribution in [1.29, 1.82) is 0 Å². The van der Waals surface area contributed by atoms with Crippen molar-refractivity contribution in [2.75, 3.05) is 6.54 Å². The largest absolute Gasteiger partial charge is 0.338 e. The molecule has 1 aromatic carbocycles. The Morgan fingerprint density at radius 1 is 1.19 bits per heavy atom. The van der Waals surface area contributed by atoms with Crippen LogP contribution in [0.15, 0.2) is 41.2 Å². The number of aromatic nitrogens is 2. The third-order valence-electron chi connectivity index (χ3n) is 3.82. The van der Waals surface area contributed by atoms with E-state index in [4.69, 9.17) is 0 Å². The number of nitrogens with one attached hydrogen (secondary N) is 1. The quantitative estimate of drug-likeness (QED) is 0.923. The van der Waals surface area contributed by atoms with Crippen LogP contribution in [-0.2, 0) is 24.2 Å². The number of benzene rings is 1. The average molecular weight is 283 g/mol. The van der Waals surface area contributed by atoms with Gasteiger partial charge in [-0.3, -0.25) is 9.59 Å². The van der Waals surface area contributed by atoms with Crippen LogP contribution >= 0.6 is 0 Å². The summed E-state index contributed by atoms with van der Waals surface area (Å²) in [5, 5.41) is 6.31. The molecule has 0 spiro atoms. The molecule has 5 heteroatoms. The molecular weight excluding hydrogens is 266 g/mol. The van der Waals surface area contributed by atoms with Gasteiger partial charge in [-0.2, -0.15) is 5.10 Å². The van der Waals surface area contributed by atoms with Gasteiger partial charge < -0.3 is 4.90 Å². The van der Waals surface area contributed by atoms with E-state index in [1.165, 1.54) is 17.2 Å². The van der Waals surface area contributed by atoms with Crippen LogP contribution in [0.5, 0.6) is 0 Å². The highest BCUT2D eigenvalue weighted by Gasteiger charge is 2.19. The lowest BCUT2D eigenvalue weighted by Crippen LogP contribution is -2.36. The van der Waals surface area contributed by atoms with E-state index in [1.807, 2.05) is 17.0 Å². The van der Waals surface area contributed by atoms with Crippen LogP contribution in [-0.4, -0.2) is 27.5 Å². The zero-order valence-electron chi connectivity index (χ0n) is 11.7. The van der Waals surface area contributed by atoms with Crippen molar-refractivity contribution in [2.24, 2.45) is 0 Å². The lowest BCUT2D eigenvalue weighted by atomic mass is 9.99. The third kappa shape index (κ3) is 3.18. The molecule has 1 aliphatic rings. The molecule has 3 rings (SSSR count). The van der Waals surface area contributed by atoms with Gasteiger partial charge in [0, 0.05) is 32.0 Å². The highest BCUT2D eigenvalue weighted by atomic mass is 16.2. The van der Waals surface area contributed by atoms with Crippen molar-refractivity contribution in [3.63, 3.8) is 0 Å². The second-order valence-corrected chi connectivity index (χ2v) is 5.25. The molecule has 2 heterocycles. The van der Waals surface area contributed by atoms with E-state index < -0.39 is 0 Å². The number of rotatable bonds is 3. The fourth-order valence-electron chi connectivity index (χ4n) is 2.61. The summed E-state index contributed by atoms with van der Waals surface area (Å²) in [7, 11) is 0.